The first kappa shape index (κ1) is 14.8. The molecule has 1 aromatic carbocycles. The molecule has 0 saturated carbocycles. The molecule has 1 saturated heterocycles. The van der Waals surface area contributed by atoms with E-state index in [1.54, 1.807) is 11.1 Å². The Bertz CT molecular complexity index is 681. The second-order valence-corrected chi connectivity index (χ2v) is 5.86. The van der Waals surface area contributed by atoms with E-state index < -0.39 is 5.82 Å². The van der Waals surface area contributed by atoms with E-state index >= 15 is 0 Å². The van der Waals surface area contributed by atoms with E-state index in [-0.39, 0.29) is 22.2 Å². The van der Waals surface area contributed by atoms with E-state index in [0.717, 1.165) is 24.6 Å². The van der Waals surface area contributed by atoms with Crippen LogP contribution in [0.2, 0.25) is 5.02 Å². The van der Waals surface area contributed by atoms with Crippen LogP contribution in [-0.2, 0) is 0 Å². The highest BCUT2D eigenvalue weighted by Crippen LogP contribution is 2.29. The largest absolute Gasteiger partial charge is 0.396 e. The molecule has 3 N–H and O–H groups in total. The standard InChI is InChI=1S/C15H16ClFN4O/c16-10-7-11(14(18)12(17)8-10)15(22)21-5-2-9(3-6-21)13-1-4-19-20-13/h1,4,7-9H,2-3,5-6,18H2,(H,19,20). The maximum absolute atomic E-state index is 13.6. The molecular formula is C15H16ClFN4O. The third-order valence-corrected chi connectivity index (χ3v) is 4.29. The summed E-state index contributed by atoms with van der Waals surface area (Å²) in [5.74, 6) is -0.579. The summed E-state index contributed by atoms with van der Waals surface area (Å²) in [5, 5.41) is 7.09. The Hall–Kier alpha value is -2.08. The first-order valence-corrected chi connectivity index (χ1v) is 7.47. The van der Waals surface area contributed by atoms with Crippen molar-refractivity contribution in [1.82, 2.24) is 15.1 Å². The van der Waals surface area contributed by atoms with Crippen LogP contribution in [-0.4, -0.2) is 34.1 Å². The third kappa shape index (κ3) is 2.78. The number of aromatic nitrogens is 2. The number of rotatable bonds is 2. The number of halogens is 2. The molecule has 0 bridgehead atoms. The minimum Gasteiger partial charge on any atom is -0.396 e. The monoisotopic (exact) mass is 322 g/mol. The van der Waals surface area contributed by atoms with E-state index in [4.69, 9.17) is 17.3 Å². The van der Waals surface area contributed by atoms with Crippen LogP contribution < -0.4 is 5.73 Å². The average Bonchev–Trinajstić information content (AvgIpc) is 3.05. The predicted molar refractivity (Wildman–Crippen MR) is 82.3 cm³/mol. The van der Waals surface area contributed by atoms with Gasteiger partial charge in [0.2, 0.25) is 0 Å². The van der Waals surface area contributed by atoms with E-state index in [0.29, 0.717) is 19.0 Å². The molecule has 3 rings (SSSR count). The van der Waals surface area contributed by atoms with Crippen molar-refractivity contribution >= 4 is 23.2 Å². The van der Waals surface area contributed by atoms with Crippen molar-refractivity contribution < 1.29 is 9.18 Å². The number of nitrogens with one attached hydrogen (secondary N) is 1. The maximum atomic E-state index is 13.6. The number of piperidine rings is 1. The van der Waals surface area contributed by atoms with Crippen molar-refractivity contribution in [2.24, 2.45) is 0 Å². The minimum atomic E-state index is -0.664. The molecule has 0 radical (unpaired) electrons. The highest BCUT2D eigenvalue weighted by molar-refractivity contribution is 6.31. The number of nitrogen functional groups attached to an aromatic ring is 1. The molecule has 1 fully saturated rings. The summed E-state index contributed by atoms with van der Waals surface area (Å²) in [4.78, 5) is 14.2. The molecule has 5 nitrogen and oxygen atoms in total. The Kier molecular flexibility index (Phi) is 4.02. The number of carbonyl (C=O) groups is 1. The summed E-state index contributed by atoms with van der Waals surface area (Å²) in [6.45, 7) is 1.19. The number of amides is 1. The number of H-pyrrole nitrogens is 1. The molecule has 7 heteroatoms. The van der Waals surface area contributed by atoms with Crippen LogP contribution in [0.4, 0.5) is 10.1 Å². The summed E-state index contributed by atoms with van der Waals surface area (Å²) < 4.78 is 13.6. The number of aromatic amines is 1. The molecule has 0 unspecified atom stereocenters. The molecule has 2 aromatic rings. The number of nitrogens with zero attached hydrogens (tertiary/aromatic N) is 2. The van der Waals surface area contributed by atoms with Gasteiger partial charge in [0.15, 0.2) is 0 Å². The lowest BCUT2D eigenvalue weighted by atomic mass is 9.93. The first-order valence-electron chi connectivity index (χ1n) is 7.09. The molecule has 0 aliphatic carbocycles. The van der Waals surface area contributed by atoms with Gasteiger partial charge in [-0.15, -0.1) is 0 Å². The summed E-state index contributed by atoms with van der Waals surface area (Å²) >= 11 is 5.82. The second kappa shape index (κ2) is 5.96. The smallest absolute Gasteiger partial charge is 0.256 e. The van der Waals surface area contributed by atoms with E-state index in [9.17, 15) is 9.18 Å². The summed E-state index contributed by atoms with van der Waals surface area (Å²) in [5.41, 5.74) is 6.73. The van der Waals surface area contributed by atoms with Gasteiger partial charge in [0, 0.05) is 35.9 Å². The Morgan fingerprint density at radius 3 is 2.77 bits per heavy atom. The van der Waals surface area contributed by atoms with Gasteiger partial charge in [0.25, 0.3) is 5.91 Å². The van der Waals surface area contributed by atoms with Gasteiger partial charge < -0.3 is 10.6 Å². The quantitative estimate of drug-likeness (QED) is 0.835. The molecule has 1 aliphatic heterocycles. The predicted octanol–water partition coefficient (Wildman–Crippen LogP) is 2.80. The van der Waals surface area contributed by atoms with Gasteiger partial charge in [0.05, 0.1) is 11.3 Å². The molecule has 1 aromatic heterocycles. The lowest BCUT2D eigenvalue weighted by Crippen LogP contribution is -2.38. The maximum Gasteiger partial charge on any atom is 0.256 e. The SMILES string of the molecule is Nc1c(F)cc(Cl)cc1C(=O)N1CCC(c2ccn[nH]2)CC1. The molecular weight excluding hydrogens is 307 g/mol. The second-order valence-electron chi connectivity index (χ2n) is 5.43. The zero-order valence-corrected chi connectivity index (χ0v) is 12.6. The highest BCUT2D eigenvalue weighted by atomic mass is 35.5. The van der Waals surface area contributed by atoms with Crippen molar-refractivity contribution in [2.75, 3.05) is 18.8 Å². The molecule has 0 atom stereocenters. The fraction of sp³-hybridized carbons (Fsp3) is 0.333. The van der Waals surface area contributed by atoms with Crippen LogP contribution in [0, 0.1) is 5.82 Å². The van der Waals surface area contributed by atoms with Crippen LogP contribution in [0.1, 0.15) is 34.8 Å². The number of benzene rings is 1. The topological polar surface area (TPSA) is 75.0 Å². The van der Waals surface area contributed by atoms with Crippen molar-refractivity contribution in [3.8, 4) is 0 Å². The van der Waals surface area contributed by atoms with Crippen LogP contribution in [0.25, 0.3) is 0 Å². The van der Waals surface area contributed by atoms with Gasteiger partial charge in [-0.25, -0.2) is 4.39 Å². The highest BCUT2D eigenvalue weighted by Gasteiger charge is 2.27. The van der Waals surface area contributed by atoms with Crippen molar-refractivity contribution in [3.05, 3.63) is 46.5 Å². The molecule has 0 spiro atoms. The number of hydrogen-bond donors (Lipinski definition) is 2. The fourth-order valence-corrected chi connectivity index (χ4v) is 3.02. The lowest BCUT2D eigenvalue weighted by Gasteiger charge is -2.31. The number of anilines is 1. The van der Waals surface area contributed by atoms with E-state index in [1.165, 1.54) is 6.07 Å². The van der Waals surface area contributed by atoms with E-state index in [2.05, 4.69) is 10.2 Å². The molecule has 1 amide bonds. The van der Waals surface area contributed by atoms with Crippen LogP contribution >= 0.6 is 11.6 Å². The average molecular weight is 323 g/mol. The Balaban J connectivity index is 1.72. The molecule has 22 heavy (non-hydrogen) atoms. The van der Waals surface area contributed by atoms with Crippen molar-refractivity contribution in [2.45, 2.75) is 18.8 Å². The van der Waals surface area contributed by atoms with Gasteiger partial charge in [-0.3, -0.25) is 9.89 Å². The summed E-state index contributed by atoms with van der Waals surface area (Å²) in [6.07, 6.45) is 3.38. The van der Waals surface area contributed by atoms with Gasteiger partial charge in [0.1, 0.15) is 5.82 Å². The number of carbonyl (C=O) groups excluding carboxylic acids is 1. The van der Waals surface area contributed by atoms with Gasteiger partial charge in [-0.1, -0.05) is 11.6 Å². The normalized spacial score (nSPS) is 16.0. The van der Waals surface area contributed by atoms with E-state index in [1.807, 2.05) is 6.07 Å². The number of nitrogens with two attached hydrogens (primary N) is 1. The van der Waals surface area contributed by atoms with Gasteiger partial charge >= 0.3 is 0 Å². The number of hydrogen-bond acceptors (Lipinski definition) is 3. The summed E-state index contributed by atoms with van der Waals surface area (Å²) in [6, 6.07) is 4.48. The Morgan fingerprint density at radius 1 is 1.41 bits per heavy atom. The molecule has 2 heterocycles. The fourth-order valence-electron chi connectivity index (χ4n) is 2.82. The first-order chi connectivity index (χ1) is 10.6. The minimum absolute atomic E-state index is 0.130. The van der Waals surface area contributed by atoms with Crippen molar-refractivity contribution in [3.63, 3.8) is 0 Å². The van der Waals surface area contributed by atoms with Crippen LogP contribution in [0.15, 0.2) is 24.4 Å². The lowest BCUT2D eigenvalue weighted by molar-refractivity contribution is 0.0712. The summed E-state index contributed by atoms with van der Waals surface area (Å²) in [7, 11) is 0. The zero-order valence-electron chi connectivity index (χ0n) is 11.9. The Morgan fingerprint density at radius 2 is 2.14 bits per heavy atom. The molecule has 116 valence electrons. The third-order valence-electron chi connectivity index (χ3n) is 4.07. The van der Waals surface area contributed by atoms with Crippen molar-refractivity contribution in [1.29, 1.82) is 0 Å². The zero-order chi connectivity index (χ0) is 15.7. The molecule has 1 aliphatic rings. The van der Waals surface area contributed by atoms with Crippen LogP contribution in [0.3, 0.4) is 0 Å². The Labute approximate surface area is 132 Å². The van der Waals surface area contributed by atoms with Gasteiger partial charge in [-0.2, -0.15) is 5.10 Å². The van der Waals surface area contributed by atoms with Crippen LogP contribution in [0.5, 0.6) is 0 Å². The number of likely N-dealkylation sites (tertiary alicyclic amines) is 1. The van der Waals surface area contributed by atoms with Gasteiger partial charge in [-0.05, 0) is 31.0 Å².